The first-order chi connectivity index (χ1) is 11.0. The molecule has 0 radical (unpaired) electrons. The number of aliphatic hydroxyl groups is 1. The second-order valence-electron chi connectivity index (χ2n) is 4.16. The van der Waals surface area contributed by atoms with Gasteiger partial charge in [-0.05, 0) is 12.1 Å². The summed E-state index contributed by atoms with van der Waals surface area (Å²) < 4.78 is 47.3. The van der Waals surface area contributed by atoms with Crippen molar-refractivity contribution in [2.24, 2.45) is 0 Å². The number of nitrogens with one attached hydrogen (secondary N) is 1. The minimum atomic E-state index is -3.06. The Kier molecular flexibility index (Phi) is 5.41. The predicted molar refractivity (Wildman–Crippen MR) is 75.3 cm³/mol. The van der Waals surface area contributed by atoms with Gasteiger partial charge in [-0.1, -0.05) is 0 Å². The quantitative estimate of drug-likeness (QED) is 0.712. The third kappa shape index (κ3) is 4.61. The highest BCUT2D eigenvalue weighted by Crippen LogP contribution is 2.32. The van der Waals surface area contributed by atoms with Crippen LogP contribution in [0.15, 0.2) is 24.4 Å². The minimum absolute atomic E-state index is 0.0177. The number of hydrogen-bond donors (Lipinski definition) is 3. The predicted octanol–water partition coefficient (Wildman–Crippen LogP) is 1.91. The fourth-order valence-corrected chi connectivity index (χ4v) is 1.62. The maximum absolute atomic E-state index is 13.0. The molecule has 23 heavy (non-hydrogen) atoms. The minimum Gasteiger partial charge on any atom is -0.487 e. The first-order valence-electron chi connectivity index (χ1n) is 6.37. The van der Waals surface area contributed by atoms with Crippen LogP contribution in [0.25, 0.3) is 0 Å². The lowest BCUT2D eigenvalue weighted by Crippen LogP contribution is -2.08. The Hall–Kier alpha value is -2.75. The molecule has 0 unspecified atom stereocenters. The van der Waals surface area contributed by atoms with Crippen LogP contribution in [-0.4, -0.2) is 34.9 Å². The molecule has 0 saturated carbocycles. The number of rotatable bonds is 7. The van der Waals surface area contributed by atoms with Crippen LogP contribution in [0.4, 0.5) is 30.6 Å². The van der Waals surface area contributed by atoms with Crippen molar-refractivity contribution >= 4 is 17.5 Å². The van der Waals surface area contributed by atoms with Crippen LogP contribution in [0.5, 0.6) is 11.5 Å². The highest BCUT2D eigenvalue weighted by Gasteiger charge is 2.13. The summed E-state index contributed by atoms with van der Waals surface area (Å²) >= 11 is 0. The zero-order valence-electron chi connectivity index (χ0n) is 11.7. The summed E-state index contributed by atoms with van der Waals surface area (Å²) in [5.41, 5.74) is 5.61. The van der Waals surface area contributed by atoms with E-state index < -0.39 is 12.4 Å². The van der Waals surface area contributed by atoms with Crippen molar-refractivity contribution in [1.82, 2.24) is 9.97 Å². The molecular formula is C13H13F3N4O3. The Labute approximate surface area is 128 Å². The lowest BCUT2D eigenvalue weighted by atomic mass is 10.2. The van der Waals surface area contributed by atoms with E-state index >= 15 is 0 Å². The van der Waals surface area contributed by atoms with Gasteiger partial charge >= 0.3 is 6.61 Å². The molecule has 2 aromatic rings. The number of nitrogens with two attached hydrogens (primary N) is 1. The second kappa shape index (κ2) is 7.49. The standard InChI is InChI=1S/C13H13F3N4O3/c14-8-6-18-13(20-11(8)17)19-7-1-2-9(22-4-3-21)10(5-7)23-12(15)16/h1-2,5-6,12,21H,3-4H2,(H3,17,18,19,20). The summed E-state index contributed by atoms with van der Waals surface area (Å²) in [7, 11) is 0. The Bertz CT molecular complexity index is 673. The van der Waals surface area contributed by atoms with E-state index in [-0.39, 0.29) is 36.5 Å². The van der Waals surface area contributed by atoms with E-state index in [0.717, 1.165) is 6.20 Å². The molecule has 1 aromatic heterocycles. The van der Waals surface area contributed by atoms with Gasteiger partial charge in [0.05, 0.1) is 12.8 Å². The molecule has 0 aliphatic rings. The van der Waals surface area contributed by atoms with E-state index in [2.05, 4.69) is 20.0 Å². The molecule has 1 heterocycles. The number of alkyl halides is 2. The molecule has 0 aliphatic carbocycles. The number of nitrogen functional groups attached to an aromatic ring is 1. The fourth-order valence-electron chi connectivity index (χ4n) is 1.62. The third-order valence-corrected chi connectivity index (χ3v) is 2.54. The highest BCUT2D eigenvalue weighted by molar-refractivity contribution is 5.60. The normalized spacial score (nSPS) is 10.7. The number of benzene rings is 1. The Morgan fingerprint density at radius 2 is 2.09 bits per heavy atom. The number of aromatic nitrogens is 2. The monoisotopic (exact) mass is 330 g/mol. The van der Waals surface area contributed by atoms with Gasteiger partial charge in [-0.2, -0.15) is 13.8 Å². The summed E-state index contributed by atoms with van der Waals surface area (Å²) in [6.45, 7) is -3.42. The van der Waals surface area contributed by atoms with Gasteiger partial charge in [0, 0.05) is 11.8 Å². The van der Waals surface area contributed by atoms with Crippen LogP contribution < -0.4 is 20.5 Å². The number of hydrogen-bond acceptors (Lipinski definition) is 7. The molecule has 124 valence electrons. The molecular weight excluding hydrogens is 317 g/mol. The molecule has 4 N–H and O–H groups in total. The lowest BCUT2D eigenvalue weighted by Gasteiger charge is -2.13. The van der Waals surface area contributed by atoms with Gasteiger partial charge in [0.25, 0.3) is 0 Å². The Balaban J connectivity index is 2.22. The molecule has 7 nitrogen and oxygen atoms in total. The van der Waals surface area contributed by atoms with Crippen LogP contribution >= 0.6 is 0 Å². The van der Waals surface area contributed by atoms with Crippen molar-refractivity contribution in [3.8, 4) is 11.5 Å². The van der Waals surface area contributed by atoms with E-state index in [1.165, 1.54) is 18.2 Å². The average Bonchev–Trinajstić information content (AvgIpc) is 2.50. The van der Waals surface area contributed by atoms with E-state index in [4.69, 9.17) is 15.6 Å². The van der Waals surface area contributed by atoms with Gasteiger partial charge in [-0.15, -0.1) is 0 Å². The maximum Gasteiger partial charge on any atom is 0.387 e. The number of ether oxygens (including phenoxy) is 2. The van der Waals surface area contributed by atoms with Crippen LogP contribution in [0.3, 0.4) is 0 Å². The molecule has 2 rings (SSSR count). The van der Waals surface area contributed by atoms with Crippen molar-refractivity contribution in [3.05, 3.63) is 30.2 Å². The lowest BCUT2D eigenvalue weighted by molar-refractivity contribution is -0.0515. The second-order valence-corrected chi connectivity index (χ2v) is 4.16. The summed E-state index contributed by atoms with van der Waals surface area (Å²) in [6, 6.07) is 4.07. The van der Waals surface area contributed by atoms with Crippen molar-refractivity contribution in [3.63, 3.8) is 0 Å². The summed E-state index contributed by atoms with van der Waals surface area (Å²) in [5, 5.41) is 11.4. The molecule has 0 amide bonds. The van der Waals surface area contributed by atoms with Crippen molar-refractivity contribution in [2.75, 3.05) is 24.3 Å². The van der Waals surface area contributed by atoms with Gasteiger partial charge in [0.1, 0.15) is 6.61 Å². The van der Waals surface area contributed by atoms with Crippen LogP contribution in [0.2, 0.25) is 0 Å². The van der Waals surface area contributed by atoms with Gasteiger partial charge in [0.15, 0.2) is 23.1 Å². The van der Waals surface area contributed by atoms with Crippen LogP contribution in [0.1, 0.15) is 0 Å². The first-order valence-corrected chi connectivity index (χ1v) is 6.37. The topological polar surface area (TPSA) is 103 Å². The molecule has 1 aromatic carbocycles. The number of halogens is 3. The summed E-state index contributed by atoms with van der Waals surface area (Å²) in [5.74, 6) is -1.35. The Morgan fingerprint density at radius 3 is 2.74 bits per heavy atom. The molecule has 0 spiro atoms. The van der Waals surface area contributed by atoms with Crippen LogP contribution in [0, 0.1) is 5.82 Å². The van der Waals surface area contributed by atoms with Crippen molar-refractivity contribution in [1.29, 1.82) is 0 Å². The summed E-state index contributed by atoms with van der Waals surface area (Å²) in [4.78, 5) is 7.32. The maximum atomic E-state index is 13.0. The van der Waals surface area contributed by atoms with Gasteiger partial charge in [0.2, 0.25) is 5.95 Å². The molecule has 0 atom stereocenters. The number of anilines is 3. The fraction of sp³-hybridized carbons (Fsp3) is 0.231. The number of aliphatic hydroxyl groups excluding tert-OH is 1. The molecule has 0 saturated heterocycles. The SMILES string of the molecule is Nc1nc(Nc2ccc(OCCO)c(OC(F)F)c2)ncc1F. The smallest absolute Gasteiger partial charge is 0.387 e. The van der Waals surface area contributed by atoms with Crippen molar-refractivity contribution in [2.45, 2.75) is 6.61 Å². The molecule has 0 aliphatic heterocycles. The first kappa shape index (κ1) is 16.6. The third-order valence-electron chi connectivity index (χ3n) is 2.54. The van der Waals surface area contributed by atoms with E-state index in [1.54, 1.807) is 0 Å². The molecule has 10 heteroatoms. The molecule has 0 fully saturated rings. The zero-order chi connectivity index (χ0) is 16.8. The largest absolute Gasteiger partial charge is 0.487 e. The highest BCUT2D eigenvalue weighted by atomic mass is 19.3. The van der Waals surface area contributed by atoms with E-state index in [1.807, 2.05) is 0 Å². The van der Waals surface area contributed by atoms with Crippen LogP contribution in [-0.2, 0) is 0 Å². The zero-order valence-corrected chi connectivity index (χ0v) is 11.7. The van der Waals surface area contributed by atoms with Gasteiger partial charge < -0.3 is 25.6 Å². The van der Waals surface area contributed by atoms with Crippen molar-refractivity contribution < 1.29 is 27.8 Å². The van der Waals surface area contributed by atoms with E-state index in [0.29, 0.717) is 5.69 Å². The molecule has 0 bridgehead atoms. The summed E-state index contributed by atoms with van der Waals surface area (Å²) in [6.07, 6.45) is 0.875. The van der Waals surface area contributed by atoms with E-state index in [9.17, 15) is 13.2 Å². The number of nitrogens with zero attached hydrogens (tertiary/aromatic N) is 2. The Morgan fingerprint density at radius 1 is 1.30 bits per heavy atom. The average molecular weight is 330 g/mol. The van der Waals surface area contributed by atoms with Gasteiger partial charge in [-0.25, -0.2) is 9.37 Å². The van der Waals surface area contributed by atoms with Gasteiger partial charge in [-0.3, -0.25) is 0 Å².